The number of benzene rings is 2. The van der Waals surface area contributed by atoms with Crippen LogP contribution < -0.4 is 0 Å². The van der Waals surface area contributed by atoms with Crippen molar-refractivity contribution < 1.29 is 14.3 Å². The van der Waals surface area contributed by atoms with Crippen LogP contribution in [-0.2, 0) is 11.2 Å². The van der Waals surface area contributed by atoms with E-state index in [0.717, 1.165) is 28.6 Å². The summed E-state index contributed by atoms with van der Waals surface area (Å²) in [5.74, 6) is -0.730. The van der Waals surface area contributed by atoms with E-state index in [2.05, 4.69) is 11.9 Å². The van der Waals surface area contributed by atoms with Crippen molar-refractivity contribution in [1.82, 2.24) is 4.98 Å². The highest BCUT2D eigenvalue weighted by Crippen LogP contribution is 2.19. The molecule has 0 unspecified atom stereocenters. The van der Waals surface area contributed by atoms with Crippen LogP contribution in [0.4, 0.5) is 0 Å². The zero-order valence-corrected chi connectivity index (χ0v) is 14.3. The first-order valence-electron chi connectivity index (χ1n) is 8.24. The van der Waals surface area contributed by atoms with Crippen LogP contribution in [0.25, 0.3) is 10.9 Å². The lowest BCUT2D eigenvalue weighted by atomic mass is 10.1. The molecule has 25 heavy (non-hydrogen) atoms. The fraction of sp³-hybridized carbons (Fsp3) is 0.190. The van der Waals surface area contributed by atoms with E-state index in [1.807, 2.05) is 43.3 Å². The molecule has 0 saturated heterocycles. The Hall–Kier alpha value is -3.01. The lowest BCUT2D eigenvalue weighted by molar-refractivity contribution is 0.0476. The second-order valence-corrected chi connectivity index (χ2v) is 5.88. The van der Waals surface area contributed by atoms with Crippen LogP contribution in [-0.4, -0.2) is 23.3 Å². The monoisotopic (exact) mass is 333 g/mol. The van der Waals surface area contributed by atoms with Gasteiger partial charge in [-0.3, -0.25) is 9.78 Å². The highest BCUT2D eigenvalue weighted by Gasteiger charge is 2.15. The van der Waals surface area contributed by atoms with Gasteiger partial charge in [0.15, 0.2) is 12.4 Å². The maximum atomic E-state index is 12.4. The number of aromatic nitrogens is 1. The zero-order chi connectivity index (χ0) is 17.8. The first kappa shape index (κ1) is 16.8. The fourth-order valence-electron chi connectivity index (χ4n) is 2.70. The summed E-state index contributed by atoms with van der Waals surface area (Å²) in [7, 11) is 0. The lowest BCUT2D eigenvalue weighted by Crippen LogP contribution is -2.15. The van der Waals surface area contributed by atoms with Crippen LogP contribution >= 0.6 is 0 Å². The number of rotatable bonds is 5. The molecule has 0 amide bonds. The van der Waals surface area contributed by atoms with Gasteiger partial charge in [-0.15, -0.1) is 0 Å². The third-order valence-electron chi connectivity index (χ3n) is 4.08. The van der Waals surface area contributed by atoms with Crippen molar-refractivity contribution in [3.05, 3.63) is 77.0 Å². The smallest absolute Gasteiger partial charge is 0.339 e. The first-order valence-corrected chi connectivity index (χ1v) is 8.24. The molecule has 0 aliphatic carbocycles. The Bertz CT molecular complexity index is 930. The van der Waals surface area contributed by atoms with Gasteiger partial charge in [0, 0.05) is 16.6 Å². The maximum Gasteiger partial charge on any atom is 0.339 e. The van der Waals surface area contributed by atoms with E-state index in [9.17, 15) is 9.59 Å². The number of carbonyl (C=O) groups is 2. The molecule has 0 aliphatic heterocycles. The average Bonchev–Trinajstić information content (AvgIpc) is 2.65. The summed E-state index contributed by atoms with van der Waals surface area (Å²) in [4.78, 5) is 29.1. The Kier molecular flexibility index (Phi) is 4.89. The van der Waals surface area contributed by atoms with Gasteiger partial charge >= 0.3 is 5.97 Å². The van der Waals surface area contributed by atoms with Crippen LogP contribution in [0.3, 0.4) is 0 Å². The van der Waals surface area contributed by atoms with Crippen LogP contribution in [0.1, 0.15) is 38.9 Å². The average molecular weight is 333 g/mol. The molecule has 0 atom stereocenters. The summed E-state index contributed by atoms with van der Waals surface area (Å²) in [6, 6.07) is 16.4. The van der Waals surface area contributed by atoms with Crippen LogP contribution in [0.5, 0.6) is 0 Å². The van der Waals surface area contributed by atoms with Crippen LogP contribution in [0.15, 0.2) is 54.6 Å². The van der Waals surface area contributed by atoms with E-state index in [4.69, 9.17) is 4.74 Å². The van der Waals surface area contributed by atoms with E-state index in [1.165, 1.54) is 0 Å². The summed E-state index contributed by atoms with van der Waals surface area (Å²) >= 11 is 0. The summed E-state index contributed by atoms with van der Waals surface area (Å²) < 4.78 is 5.25. The number of para-hydroxylation sites is 1. The Morgan fingerprint density at radius 1 is 1.04 bits per heavy atom. The largest absolute Gasteiger partial charge is 0.454 e. The highest BCUT2D eigenvalue weighted by molar-refractivity contribution is 6.05. The number of carbonyl (C=O) groups excluding carboxylic acids is 2. The number of Topliss-reactive ketones (excluding diaryl/α,β-unsaturated/α-hetero) is 1. The van der Waals surface area contributed by atoms with Crippen molar-refractivity contribution >= 4 is 22.7 Å². The van der Waals surface area contributed by atoms with Crippen molar-refractivity contribution in [2.45, 2.75) is 20.3 Å². The van der Waals surface area contributed by atoms with Gasteiger partial charge in [0.2, 0.25) is 0 Å². The molecule has 0 radical (unpaired) electrons. The predicted octanol–water partition coefficient (Wildman–Crippen LogP) is 4.15. The molecule has 4 nitrogen and oxygen atoms in total. The Morgan fingerprint density at radius 2 is 1.76 bits per heavy atom. The fourth-order valence-corrected chi connectivity index (χ4v) is 2.70. The molecule has 2 aromatic carbocycles. The molecule has 1 heterocycles. The summed E-state index contributed by atoms with van der Waals surface area (Å²) in [6.45, 7) is 3.60. The number of pyridine rings is 1. The number of esters is 1. The molecule has 3 rings (SSSR count). The van der Waals surface area contributed by atoms with E-state index in [-0.39, 0.29) is 12.4 Å². The van der Waals surface area contributed by atoms with E-state index >= 15 is 0 Å². The summed E-state index contributed by atoms with van der Waals surface area (Å²) in [6.07, 6.45) is 0.915. The number of nitrogens with zero attached hydrogens (tertiary/aromatic N) is 1. The Labute approximate surface area is 146 Å². The second kappa shape index (κ2) is 7.26. The first-order chi connectivity index (χ1) is 12.1. The molecule has 0 saturated carbocycles. The van der Waals surface area contributed by atoms with Crippen molar-refractivity contribution in [3.63, 3.8) is 0 Å². The van der Waals surface area contributed by atoms with Crippen molar-refractivity contribution in [2.75, 3.05) is 6.61 Å². The number of ether oxygens (including phenoxy) is 1. The normalized spacial score (nSPS) is 10.6. The molecule has 4 heteroatoms. The summed E-state index contributed by atoms with van der Waals surface area (Å²) in [5, 5.41) is 0.720. The van der Waals surface area contributed by atoms with Gasteiger partial charge in [0.25, 0.3) is 0 Å². The predicted molar refractivity (Wildman–Crippen MR) is 96.9 cm³/mol. The molecular formula is C21H19NO3. The SMILES string of the molecule is CCc1ccc(C(=O)COC(=O)c2cc(C)nc3ccccc23)cc1. The molecule has 0 spiro atoms. The molecular weight excluding hydrogens is 314 g/mol. The van der Waals surface area contributed by atoms with Gasteiger partial charge < -0.3 is 4.74 Å². The lowest BCUT2D eigenvalue weighted by Gasteiger charge is -2.08. The molecule has 3 aromatic rings. The number of ketones is 1. The number of hydrogen-bond donors (Lipinski definition) is 0. The van der Waals surface area contributed by atoms with Gasteiger partial charge in [0.1, 0.15) is 0 Å². The standard InChI is InChI=1S/C21H19NO3/c1-3-15-8-10-16(11-9-15)20(23)13-25-21(24)18-12-14(2)22-19-7-5-4-6-17(18)19/h4-12H,3,13H2,1-2H3. The van der Waals surface area contributed by atoms with Crippen LogP contribution in [0.2, 0.25) is 0 Å². The molecule has 0 aliphatic rings. The van der Waals surface area contributed by atoms with Crippen molar-refractivity contribution in [3.8, 4) is 0 Å². The Balaban J connectivity index is 1.75. The molecule has 126 valence electrons. The van der Waals surface area contributed by atoms with Crippen LogP contribution in [0, 0.1) is 6.92 Å². The Morgan fingerprint density at radius 3 is 2.48 bits per heavy atom. The third kappa shape index (κ3) is 3.74. The topological polar surface area (TPSA) is 56.3 Å². The highest BCUT2D eigenvalue weighted by atomic mass is 16.5. The minimum atomic E-state index is -0.514. The van der Waals surface area contributed by atoms with Crippen molar-refractivity contribution in [2.24, 2.45) is 0 Å². The third-order valence-corrected chi connectivity index (χ3v) is 4.08. The van der Waals surface area contributed by atoms with Crippen molar-refractivity contribution in [1.29, 1.82) is 0 Å². The van der Waals surface area contributed by atoms with Gasteiger partial charge in [-0.1, -0.05) is 49.4 Å². The number of fused-ring (bicyclic) bond motifs is 1. The van der Waals surface area contributed by atoms with Gasteiger partial charge in [-0.25, -0.2) is 4.79 Å². The summed E-state index contributed by atoms with van der Waals surface area (Å²) in [5.41, 5.74) is 3.59. The number of aryl methyl sites for hydroxylation is 2. The minimum absolute atomic E-state index is 0.217. The second-order valence-electron chi connectivity index (χ2n) is 5.88. The quantitative estimate of drug-likeness (QED) is 0.520. The minimum Gasteiger partial charge on any atom is -0.454 e. The molecule has 0 N–H and O–H groups in total. The maximum absolute atomic E-state index is 12.4. The molecule has 0 bridgehead atoms. The number of hydrogen-bond acceptors (Lipinski definition) is 4. The van der Waals surface area contributed by atoms with Gasteiger partial charge in [0.05, 0.1) is 11.1 Å². The van der Waals surface area contributed by atoms with Gasteiger partial charge in [-0.2, -0.15) is 0 Å². The molecule has 0 fully saturated rings. The van der Waals surface area contributed by atoms with E-state index < -0.39 is 5.97 Å². The molecule has 1 aromatic heterocycles. The zero-order valence-electron chi connectivity index (χ0n) is 14.3. The van der Waals surface area contributed by atoms with E-state index in [1.54, 1.807) is 18.2 Å². The van der Waals surface area contributed by atoms with Gasteiger partial charge in [-0.05, 0) is 31.0 Å². The van der Waals surface area contributed by atoms with E-state index in [0.29, 0.717) is 11.1 Å².